The lowest BCUT2D eigenvalue weighted by Gasteiger charge is -2.38. The lowest BCUT2D eigenvalue weighted by molar-refractivity contribution is -0.119. The number of methoxy groups -OCH3 is 1. The van der Waals surface area contributed by atoms with Gasteiger partial charge in [-0.1, -0.05) is 29.8 Å². The summed E-state index contributed by atoms with van der Waals surface area (Å²) in [7, 11) is 1.63. The Labute approximate surface area is 169 Å². The third kappa shape index (κ3) is 5.11. The van der Waals surface area contributed by atoms with Crippen molar-refractivity contribution in [2.24, 2.45) is 0 Å². The van der Waals surface area contributed by atoms with Gasteiger partial charge < -0.3 is 14.8 Å². The molecule has 1 heterocycles. The van der Waals surface area contributed by atoms with E-state index in [0.717, 1.165) is 27.6 Å². The molecule has 4 nitrogen and oxygen atoms in total. The Kier molecular flexibility index (Phi) is 6.22. The van der Waals surface area contributed by atoms with Gasteiger partial charge in [-0.05, 0) is 37.6 Å². The molecule has 1 amide bonds. The maximum Gasteiger partial charge on any atom is 0.230 e. The standard InChI is InChI=1S/C21H24ClNO3S/c1-21(2)11-18(16-9-8-15(25-3)10-19(16)26-21)23-20(24)13-27-12-14-6-4-5-7-17(14)22/h4-10,18H,11-13H2,1-3H3,(H,23,24)/t18-/m0/s1. The topological polar surface area (TPSA) is 47.6 Å². The molecule has 0 spiro atoms. The highest BCUT2D eigenvalue weighted by molar-refractivity contribution is 7.99. The van der Waals surface area contributed by atoms with Gasteiger partial charge in [0.25, 0.3) is 0 Å². The summed E-state index contributed by atoms with van der Waals surface area (Å²) in [5, 5.41) is 3.89. The minimum atomic E-state index is -0.359. The third-order valence-electron chi connectivity index (χ3n) is 4.46. The summed E-state index contributed by atoms with van der Waals surface area (Å²) in [6.45, 7) is 4.06. The monoisotopic (exact) mass is 405 g/mol. The van der Waals surface area contributed by atoms with Crippen LogP contribution in [0, 0.1) is 0 Å². The highest BCUT2D eigenvalue weighted by atomic mass is 35.5. The number of amides is 1. The van der Waals surface area contributed by atoms with Crippen LogP contribution < -0.4 is 14.8 Å². The van der Waals surface area contributed by atoms with E-state index in [-0.39, 0.29) is 17.6 Å². The van der Waals surface area contributed by atoms with Gasteiger partial charge in [0.05, 0.1) is 18.9 Å². The van der Waals surface area contributed by atoms with Crippen LogP contribution in [0.25, 0.3) is 0 Å². The van der Waals surface area contributed by atoms with Crippen molar-refractivity contribution in [1.82, 2.24) is 5.32 Å². The second-order valence-electron chi connectivity index (χ2n) is 7.17. The van der Waals surface area contributed by atoms with Crippen LogP contribution in [0.5, 0.6) is 11.5 Å². The number of ether oxygens (including phenoxy) is 2. The first-order chi connectivity index (χ1) is 12.9. The second-order valence-corrected chi connectivity index (χ2v) is 8.57. The first kappa shape index (κ1) is 19.9. The second kappa shape index (κ2) is 8.44. The van der Waals surface area contributed by atoms with Gasteiger partial charge in [0, 0.05) is 28.8 Å². The maximum absolute atomic E-state index is 12.5. The van der Waals surface area contributed by atoms with E-state index in [1.165, 1.54) is 0 Å². The average Bonchev–Trinajstić information content (AvgIpc) is 2.61. The lowest BCUT2D eigenvalue weighted by Crippen LogP contribution is -2.41. The van der Waals surface area contributed by atoms with Gasteiger partial charge in [-0.25, -0.2) is 0 Å². The predicted octanol–water partition coefficient (Wildman–Crippen LogP) is 5.00. The summed E-state index contributed by atoms with van der Waals surface area (Å²) in [5.41, 5.74) is 1.67. The van der Waals surface area contributed by atoms with Gasteiger partial charge in [-0.15, -0.1) is 11.8 Å². The molecule has 1 N–H and O–H groups in total. The maximum atomic E-state index is 12.5. The number of carbonyl (C=O) groups excluding carboxylic acids is 1. The van der Waals surface area contributed by atoms with Gasteiger partial charge in [-0.3, -0.25) is 4.79 Å². The van der Waals surface area contributed by atoms with Gasteiger partial charge >= 0.3 is 0 Å². The Morgan fingerprint density at radius 1 is 1.33 bits per heavy atom. The Balaban J connectivity index is 1.63. The molecule has 1 aliphatic heterocycles. The number of hydrogen-bond acceptors (Lipinski definition) is 4. The van der Waals surface area contributed by atoms with E-state index in [1.54, 1.807) is 18.9 Å². The summed E-state index contributed by atoms with van der Waals surface area (Å²) >= 11 is 7.73. The Hall–Kier alpha value is -1.85. The van der Waals surface area contributed by atoms with Crippen LogP contribution in [0.2, 0.25) is 5.02 Å². The minimum absolute atomic E-state index is 0.0107. The van der Waals surface area contributed by atoms with Crippen molar-refractivity contribution < 1.29 is 14.3 Å². The largest absolute Gasteiger partial charge is 0.497 e. The van der Waals surface area contributed by atoms with Gasteiger partial charge in [0.15, 0.2) is 0 Å². The van der Waals surface area contributed by atoms with Crippen molar-refractivity contribution in [2.75, 3.05) is 12.9 Å². The van der Waals surface area contributed by atoms with E-state index < -0.39 is 0 Å². The molecule has 2 aromatic rings. The predicted molar refractivity (Wildman–Crippen MR) is 111 cm³/mol. The molecule has 0 saturated carbocycles. The molecule has 0 bridgehead atoms. The zero-order valence-electron chi connectivity index (χ0n) is 15.8. The molecule has 3 rings (SSSR count). The van der Waals surface area contributed by atoms with Crippen LogP contribution in [-0.2, 0) is 10.5 Å². The zero-order valence-corrected chi connectivity index (χ0v) is 17.3. The molecule has 0 unspecified atom stereocenters. The number of thioether (sulfide) groups is 1. The molecule has 0 saturated heterocycles. The van der Waals surface area contributed by atoms with Crippen molar-refractivity contribution in [3.05, 3.63) is 58.6 Å². The van der Waals surface area contributed by atoms with Crippen molar-refractivity contribution in [1.29, 1.82) is 0 Å². The minimum Gasteiger partial charge on any atom is -0.497 e. The first-order valence-electron chi connectivity index (χ1n) is 8.85. The van der Waals surface area contributed by atoms with Gasteiger partial charge in [0.1, 0.15) is 17.1 Å². The number of hydrogen-bond donors (Lipinski definition) is 1. The number of rotatable bonds is 6. The van der Waals surface area contributed by atoms with Crippen LogP contribution in [-0.4, -0.2) is 24.4 Å². The van der Waals surface area contributed by atoms with E-state index in [9.17, 15) is 4.79 Å². The zero-order chi connectivity index (χ0) is 19.4. The highest BCUT2D eigenvalue weighted by Crippen LogP contribution is 2.41. The summed E-state index contributed by atoms with van der Waals surface area (Å²) < 4.78 is 11.4. The average molecular weight is 406 g/mol. The Bertz CT molecular complexity index is 825. The first-order valence-corrected chi connectivity index (χ1v) is 10.4. The number of halogens is 1. The Morgan fingerprint density at radius 3 is 2.85 bits per heavy atom. The van der Waals surface area contributed by atoms with Crippen LogP contribution in [0.15, 0.2) is 42.5 Å². The fraction of sp³-hybridized carbons (Fsp3) is 0.381. The molecular weight excluding hydrogens is 382 g/mol. The lowest BCUT2D eigenvalue weighted by atomic mass is 9.89. The van der Waals surface area contributed by atoms with E-state index >= 15 is 0 Å². The molecule has 27 heavy (non-hydrogen) atoms. The van der Waals surface area contributed by atoms with Crippen LogP contribution in [0.3, 0.4) is 0 Å². The van der Waals surface area contributed by atoms with E-state index in [1.807, 2.05) is 56.3 Å². The van der Waals surface area contributed by atoms with Crippen molar-refractivity contribution in [2.45, 2.75) is 37.7 Å². The fourth-order valence-corrected chi connectivity index (χ4v) is 4.32. The SMILES string of the molecule is COc1ccc2c(c1)OC(C)(C)C[C@@H]2NC(=O)CSCc1ccccc1Cl. The van der Waals surface area contributed by atoms with Crippen molar-refractivity contribution in [3.8, 4) is 11.5 Å². The molecule has 144 valence electrons. The molecular formula is C21H24ClNO3S. The fourth-order valence-electron chi connectivity index (χ4n) is 3.19. The van der Waals surface area contributed by atoms with Crippen LogP contribution >= 0.6 is 23.4 Å². The molecule has 0 radical (unpaired) electrons. The molecule has 0 aliphatic carbocycles. The van der Waals surface area contributed by atoms with Crippen molar-refractivity contribution in [3.63, 3.8) is 0 Å². The summed E-state index contributed by atoms with van der Waals surface area (Å²) in [6.07, 6.45) is 0.716. The number of benzene rings is 2. The third-order valence-corrected chi connectivity index (χ3v) is 5.81. The smallest absolute Gasteiger partial charge is 0.230 e. The van der Waals surface area contributed by atoms with Crippen LogP contribution in [0.4, 0.5) is 0 Å². The molecule has 0 aromatic heterocycles. The molecule has 1 atom stereocenters. The number of nitrogens with one attached hydrogen (secondary N) is 1. The number of fused-ring (bicyclic) bond motifs is 1. The highest BCUT2D eigenvalue weighted by Gasteiger charge is 2.34. The summed E-state index contributed by atoms with van der Waals surface area (Å²) in [6, 6.07) is 13.4. The van der Waals surface area contributed by atoms with Gasteiger partial charge in [0.2, 0.25) is 5.91 Å². The van der Waals surface area contributed by atoms with Gasteiger partial charge in [-0.2, -0.15) is 0 Å². The molecule has 0 fully saturated rings. The summed E-state index contributed by atoms with van der Waals surface area (Å²) in [4.78, 5) is 12.5. The Morgan fingerprint density at radius 2 is 2.11 bits per heavy atom. The molecule has 6 heteroatoms. The quantitative estimate of drug-likeness (QED) is 0.734. The van der Waals surface area contributed by atoms with Crippen LogP contribution in [0.1, 0.15) is 37.4 Å². The number of carbonyl (C=O) groups is 1. The summed E-state index contributed by atoms with van der Waals surface area (Å²) in [5.74, 6) is 2.61. The van der Waals surface area contributed by atoms with Crippen molar-refractivity contribution >= 4 is 29.3 Å². The van der Waals surface area contributed by atoms with E-state index in [4.69, 9.17) is 21.1 Å². The molecule has 2 aromatic carbocycles. The molecule has 1 aliphatic rings. The van der Waals surface area contributed by atoms with E-state index in [2.05, 4.69) is 5.32 Å². The normalized spacial score (nSPS) is 17.6. The van der Waals surface area contributed by atoms with E-state index in [0.29, 0.717) is 17.9 Å².